The Labute approximate surface area is 102 Å². The number of para-hydroxylation sites is 1. The molecule has 1 unspecified atom stereocenters. The molecule has 1 aliphatic heterocycles. The first kappa shape index (κ1) is 11.0. The third-order valence-electron chi connectivity index (χ3n) is 2.01. The van der Waals surface area contributed by atoms with Crippen molar-refractivity contribution in [2.45, 2.75) is 18.7 Å². The molecule has 1 heterocycles. The number of hydrogen-bond acceptors (Lipinski definition) is 3. The average molecular weight is 253 g/mol. The fourth-order valence-electron chi connectivity index (χ4n) is 1.35. The maximum Gasteiger partial charge on any atom is 0.0774 e. The van der Waals surface area contributed by atoms with E-state index in [1.54, 1.807) is 11.8 Å². The van der Waals surface area contributed by atoms with Gasteiger partial charge in [-0.3, -0.25) is 0 Å². The molecular weight excluding hydrogens is 242 g/mol. The van der Waals surface area contributed by atoms with Crippen molar-refractivity contribution in [1.82, 2.24) is 0 Å². The van der Waals surface area contributed by atoms with E-state index in [1.807, 2.05) is 13.0 Å². The van der Waals surface area contributed by atoms with Crippen LogP contribution in [0, 0.1) is 0 Å². The molecule has 15 heavy (non-hydrogen) atoms. The highest BCUT2D eigenvalue weighted by Gasteiger charge is 2.15. The molecule has 0 saturated carbocycles. The molecule has 2 rings (SSSR count). The summed E-state index contributed by atoms with van der Waals surface area (Å²) in [6.07, 6.45) is 0. The minimum absolute atomic E-state index is 0.0329. The van der Waals surface area contributed by atoms with Gasteiger partial charge < -0.3 is 0 Å². The lowest BCUT2D eigenvalue weighted by Gasteiger charge is -2.01. The quantitative estimate of drug-likeness (QED) is 0.695. The first-order valence-corrected chi connectivity index (χ1v) is 7.14. The van der Waals surface area contributed by atoms with Crippen molar-refractivity contribution in [3.8, 4) is 0 Å². The van der Waals surface area contributed by atoms with Gasteiger partial charge in [0.1, 0.15) is 0 Å². The van der Waals surface area contributed by atoms with Gasteiger partial charge in [0.25, 0.3) is 0 Å². The Hall–Kier alpha value is -0.450. The number of hydrogen-bond donors (Lipinski definition) is 0. The second kappa shape index (κ2) is 4.60. The summed E-state index contributed by atoms with van der Waals surface area (Å²) in [4.78, 5) is 5.87. The highest BCUT2D eigenvalue weighted by atomic mass is 32.2. The molecule has 4 heteroatoms. The first-order valence-electron chi connectivity index (χ1n) is 4.56. The van der Waals surface area contributed by atoms with Crippen molar-refractivity contribution < 1.29 is 0 Å². The molecule has 0 amide bonds. The molecule has 1 atom stereocenters. The summed E-state index contributed by atoms with van der Waals surface area (Å²) in [5.41, 5.74) is 1.11. The normalized spacial score (nSPS) is 18.8. The first-order chi connectivity index (χ1) is 7.18. The summed E-state index contributed by atoms with van der Waals surface area (Å²) in [5.74, 6) is 0. The Morgan fingerprint density at radius 1 is 1.47 bits per heavy atom. The molecule has 1 aliphatic rings. The van der Waals surface area contributed by atoms with Gasteiger partial charge in [-0.15, -0.1) is 10.5 Å². The van der Waals surface area contributed by atoms with Crippen molar-refractivity contribution in [3.05, 3.63) is 24.3 Å². The van der Waals surface area contributed by atoms with Crippen LogP contribution < -0.4 is 0 Å². The van der Waals surface area contributed by atoms with Crippen LogP contribution in [0.15, 0.2) is 34.2 Å². The Bertz CT molecular complexity index is 474. The van der Waals surface area contributed by atoms with E-state index < -0.39 is 0 Å². The lowest BCUT2D eigenvalue weighted by Crippen LogP contribution is -1.84. The SMILES string of the molecule is CC(=S)SC=S1C(C)=Nc2ccccc21. The third kappa shape index (κ3) is 2.38. The molecule has 1 aromatic rings. The number of benzene rings is 1. The molecule has 1 aromatic carbocycles. The van der Waals surface area contributed by atoms with E-state index in [0.717, 1.165) is 9.88 Å². The topological polar surface area (TPSA) is 12.4 Å². The summed E-state index contributed by atoms with van der Waals surface area (Å²) < 4.78 is 3.16. The van der Waals surface area contributed by atoms with Crippen LogP contribution in [0.5, 0.6) is 0 Å². The van der Waals surface area contributed by atoms with Gasteiger partial charge >= 0.3 is 0 Å². The van der Waals surface area contributed by atoms with Gasteiger partial charge in [0, 0.05) is 13.8 Å². The summed E-state index contributed by atoms with van der Waals surface area (Å²) >= 11 is 6.70. The minimum Gasteiger partial charge on any atom is -0.246 e. The number of rotatable bonds is 1. The fourth-order valence-corrected chi connectivity index (χ4v) is 4.68. The lowest BCUT2D eigenvalue weighted by molar-refractivity contribution is 1.40. The van der Waals surface area contributed by atoms with E-state index in [-0.39, 0.29) is 10.5 Å². The zero-order valence-corrected chi connectivity index (χ0v) is 11.0. The molecule has 0 bridgehead atoms. The van der Waals surface area contributed by atoms with Gasteiger partial charge in [-0.25, -0.2) is 4.99 Å². The van der Waals surface area contributed by atoms with Crippen molar-refractivity contribution >= 4 is 54.1 Å². The van der Waals surface area contributed by atoms with Gasteiger partial charge in [0.2, 0.25) is 0 Å². The van der Waals surface area contributed by atoms with E-state index in [2.05, 4.69) is 34.8 Å². The maximum atomic E-state index is 5.06. The zero-order chi connectivity index (χ0) is 10.8. The lowest BCUT2D eigenvalue weighted by atomic mass is 10.3. The van der Waals surface area contributed by atoms with Gasteiger partial charge in [-0.1, -0.05) is 36.1 Å². The highest BCUT2D eigenvalue weighted by Crippen LogP contribution is 2.43. The molecule has 0 spiro atoms. The summed E-state index contributed by atoms with van der Waals surface area (Å²) in [5, 5.41) is 1.18. The van der Waals surface area contributed by atoms with Crippen LogP contribution in [-0.2, 0) is 0 Å². The Morgan fingerprint density at radius 2 is 2.20 bits per heavy atom. The maximum absolute atomic E-state index is 5.06. The van der Waals surface area contributed by atoms with Crippen molar-refractivity contribution in [2.75, 3.05) is 0 Å². The smallest absolute Gasteiger partial charge is 0.0774 e. The Kier molecular flexibility index (Phi) is 3.38. The predicted octanol–water partition coefficient (Wildman–Crippen LogP) is 4.22. The van der Waals surface area contributed by atoms with E-state index >= 15 is 0 Å². The van der Waals surface area contributed by atoms with Crippen LogP contribution >= 0.6 is 34.5 Å². The van der Waals surface area contributed by atoms with E-state index in [9.17, 15) is 0 Å². The van der Waals surface area contributed by atoms with Gasteiger partial charge in [0.15, 0.2) is 0 Å². The highest BCUT2D eigenvalue weighted by molar-refractivity contribution is 8.45. The summed E-state index contributed by atoms with van der Waals surface area (Å²) in [7, 11) is 0.0329. The third-order valence-corrected chi connectivity index (χ3v) is 5.33. The number of aliphatic imine (C=N–C) groups is 1. The van der Waals surface area contributed by atoms with E-state index in [4.69, 9.17) is 12.2 Å². The van der Waals surface area contributed by atoms with E-state index in [1.165, 1.54) is 9.94 Å². The molecule has 0 aromatic heterocycles. The van der Waals surface area contributed by atoms with Gasteiger partial charge in [-0.05, 0) is 26.0 Å². The summed E-state index contributed by atoms with van der Waals surface area (Å²) in [6, 6.07) is 8.30. The molecule has 0 fully saturated rings. The molecule has 0 saturated heterocycles. The Morgan fingerprint density at radius 3 is 2.93 bits per heavy atom. The molecule has 78 valence electrons. The average Bonchev–Trinajstić information content (AvgIpc) is 2.50. The van der Waals surface area contributed by atoms with Crippen LogP contribution in [-0.4, -0.2) is 13.9 Å². The molecule has 1 nitrogen and oxygen atoms in total. The number of fused-ring (bicyclic) bond motifs is 1. The van der Waals surface area contributed by atoms with Crippen LogP contribution in [0.1, 0.15) is 13.8 Å². The van der Waals surface area contributed by atoms with Gasteiger partial charge in [-0.2, -0.15) is 0 Å². The standard InChI is InChI=1S/C11H11NS3/c1-8-12-10-5-3-4-6-11(10)15(8)7-14-9(2)13/h3-7H,1-2H3. The molecule has 0 radical (unpaired) electrons. The zero-order valence-electron chi connectivity index (χ0n) is 8.56. The predicted molar refractivity (Wildman–Crippen MR) is 77.0 cm³/mol. The fraction of sp³-hybridized carbons (Fsp3) is 0.182. The summed E-state index contributed by atoms with van der Waals surface area (Å²) in [6.45, 7) is 4.03. The number of thioether (sulfide) groups is 1. The largest absolute Gasteiger partial charge is 0.246 e. The van der Waals surface area contributed by atoms with Crippen LogP contribution in [0.3, 0.4) is 0 Å². The number of thiocarbonyl (C=S) groups is 1. The van der Waals surface area contributed by atoms with Gasteiger partial charge in [0.05, 0.1) is 10.7 Å². The van der Waals surface area contributed by atoms with Crippen molar-refractivity contribution in [2.24, 2.45) is 4.99 Å². The monoisotopic (exact) mass is 253 g/mol. The van der Waals surface area contributed by atoms with Crippen LogP contribution in [0.2, 0.25) is 0 Å². The second-order valence-electron chi connectivity index (χ2n) is 3.14. The van der Waals surface area contributed by atoms with E-state index in [0.29, 0.717) is 0 Å². The van der Waals surface area contributed by atoms with Crippen molar-refractivity contribution in [3.63, 3.8) is 0 Å². The molecule has 0 N–H and O–H groups in total. The second-order valence-corrected chi connectivity index (χ2v) is 7.34. The molecular formula is C11H11NS3. The van der Waals surface area contributed by atoms with Crippen molar-refractivity contribution in [1.29, 1.82) is 0 Å². The van der Waals surface area contributed by atoms with Crippen LogP contribution in [0.4, 0.5) is 5.69 Å². The number of nitrogens with zero attached hydrogens (tertiary/aromatic N) is 1. The Balaban J connectivity index is 2.39. The minimum atomic E-state index is 0.0329. The van der Waals surface area contributed by atoms with Crippen LogP contribution in [0.25, 0.3) is 0 Å². The molecule has 0 aliphatic carbocycles.